The van der Waals surface area contributed by atoms with Gasteiger partial charge in [-0.1, -0.05) is 41.9 Å². The molecule has 0 saturated carbocycles. The van der Waals surface area contributed by atoms with Gasteiger partial charge in [-0.15, -0.1) is 0 Å². The molecule has 168 valence electrons. The van der Waals surface area contributed by atoms with Crippen molar-refractivity contribution in [3.63, 3.8) is 0 Å². The number of benzene rings is 3. The Morgan fingerprint density at radius 3 is 2.27 bits per heavy atom. The Bertz CT molecular complexity index is 1240. The van der Waals surface area contributed by atoms with Gasteiger partial charge in [0.2, 0.25) is 0 Å². The average molecular weight is 461 g/mol. The van der Waals surface area contributed by atoms with Crippen LogP contribution in [0.1, 0.15) is 35.9 Å². The summed E-state index contributed by atoms with van der Waals surface area (Å²) in [6.45, 7) is 0. The fraction of sp³-hybridized carbons (Fsp3) is 0.222. The number of allylic oxidation sites excluding steroid dienone is 1. The lowest BCUT2D eigenvalue weighted by Gasteiger charge is -2.30. The molecule has 1 aliphatic heterocycles. The van der Waals surface area contributed by atoms with Gasteiger partial charge in [-0.2, -0.15) is 0 Å². The van der Waals surface area contributed by atoms with E-state index >= 15 is 0 Å². The number of fused-ring (bicyclic) bond motifs is 1. The molecule has 0 fully saturated rings. The monoisotopic (exact) mass is 460 g/mol. The molecule has 1 aliphatic carbocycles. The van der Waals surface area contributed by atoms with E-state index in [2.05, 4.69) is 10.6 Å². The van der Waals surface area contributed by atoms with Crippen LogP contribution in [0.25, 0.3) is 0 Å². The summed E-state index contributed by atoms with van der Waals surface area (Å²) in [4.78, 5) is 13.6. The van der Waals surface area contributed by atoms with Crippen LogP contribution in [-0.4, -0.2) is 20.0 Å². The molecule has 0 radical (unpaired) electrons. The number of hydrogen-bond acceptors (Lipinski definition) is 5. The van der Waals surface area contributed by atoms with Gasteiger partial charge in [0.25, 0.3) is 0 Å². The third-order valence-electron chi connectivity index (χ3n) is 6.39. The van der Waals surface area contributed by atoms with Gasteiger partial charge in [-0.05, 0) is 59.9 Å². The molecule has 0 amide bonds. The summed E-state index contributed by atoms with van der Waals surface area (Å²) in [7, 11) is 3.25. The van der Waals surface area contributed by atoms with Gasteiger partial charge in [0.05, 0.1) is 31.6 Å². The van der Waals surface area contributed by atoms with Crippen LogP contribution in [0.2, 0.25) is 5.02 Å². The van der Waals surface area contributed by atoms with E-state index in [9.17, 15) is 4.79 Å². The number of hydrogen-bond donors (Lipinski definition) is 2. The molecule has 5 nitrogen and oxygen atoms in total. The van der Waals surface area contributed by atoms with Crippen molar-refractivity contribution in [1.82, 2.24) is 0 Å². The minimum Gasteiger partial charge on any atom is -0.493 e. The summed E-state index contributed by atoms with van der Waals surface area (Å²) in [5, 5.41) is 7.83. The minimum absolute atomic E-state index is 0.0414. The predicted octanol–water partition coefficient (Wildman–Crippen LogP) is 6.34. The summed E-state index contributed by atoms with van der Waals surface area (Å²) in [6, 6.07) is 21.4. The molecular formula is C27H25ClN2O3. The topological polar surface area (TPSA) is 59.6 Å². The lowest BCUT2D eigenvalue weighted by molar-refractivity contribution is -0.116. The Hall–Kier alpha value is -3.44. The van der Waals surface area contributed by atoms with Crippen LogP contribution in [0.15, 0.2) is 78.0 Å². The van der Waals surface area contributed by atoms with Gasteiger partial charge in [-0.25, -0.2) is 0 Å². The van der Waals surface area contributed by atoms with Crippen molar-refractivity contribution in [2.45, 2.75) is 24.8 Å². The normalized spacial score (nSPS) is 19.5. The highest BCUT2D eigenvalue weighted by Crippen LogP contribution is 2.45. The number of ether oxygens (including phenoxy) is 2. The average Bonchev–Trinajstić information content (AvgIpc) is 3.01. The lowest BCUT2D eigenvalue weighted by atomic mass is 9.78. The zero-order valence-corrected chi connectivity index (χ0v) is 19.3. The highest BCUT2D eigenvalue weighted by molar-refractivity contribution is 6.30. The summed E-state index contributed by atoms with van der Waals surface area (Å²) < 4.78 is 10.9. The molecule has 1 heterocycles. The number of Topliss-reactive ketones (excluding diaryl/α,β-unsaturated/α-hetero) is 1. The van der Waals surface area contributed by atoms with Crippen LogP contribution >= 0.6 is 11.6 Å². The van der Waals surface area contributed by atoms with Crippen LogP contribution < -0.4 is 20.1 Å². The zero-order chi connectivity index (χ0) is 22.9. The van der Waals surface area contributed by atoms with Crippen molar-refractivity contribution >= 4 is 28.8 Å². The van der Waals surface area contributed by atoms with Crippen LogP contribution in [0.4, 0.5) is 11.4 Å². The van der Waals surface area contributed by atoms with E-state index in [4.69, 9.17) is 21.1 Å². The largest absolute Gasteiger partial charge is 0.493 e. The second kappa shape index (κ2) is 8.83. The molecule has 6 heteroatoms. The van der Waals surface area contributed by atoms with Gasteiger partial charge in [-0.3, -0.25) is 4.79 Å². The molecular weight excluding hydrogens is 436 g/mol. The Morgan fingerprint density at radius 2 is 1.55 bits per heavy atom. The van der Waals surface area contributed by atoms with E-state index in [1.54, 1.807) is 14.2 Å². The Labute approximate surface area is 198 Å². The van der Waals surface area contributed by atoms with Crippen LogP contribution in [-0.2, 0) is 4.79 Å². The van der Waals surface area contributed by atoms with E-state index in [1.165, 1.54) is 0 Å². The summed E-state index contributed by atoms with van der Waals surface area (Å²) in [5.41, 5.74) is 5.71. The van der Waals surface area contributed by atoms with E-state index in [1.807, 2.05) is 66.7 Å². The van der Waals surface area contributed by atoms with E-state index in [0.717, 1.165) is 40.2 Å². The number of nitrogens with one attached hydrogen (secondary N) is 2. The number of anilines is 2. The third-order valence-corrected chi connectivity index (χ3v) is 6.64. The van der Waals surface area contributed by atoms with Crippen molar-refractivity contribution in [2.24, 2.45) is 0 Å². The van der Waals surface area contributed by atoms with Crippen molar-refractivity contribution in [2.75, 3.05) is 24.9 Å². The van der Waals surface area contributed by atoms with Gasteiger partial charge >= 0.3 is 0 Å². The Morgan fingerprint density at radius 1 is 0.848 bits per heavy atom. The lowest BCUT2D eigenvalue weighted by Crippen LogP contribution is -2.26. The Kier molecular flexibility index (Phi) is 5.73. The molecule has 3 aromatic rings. The first-order chi connectivity index (χ1) is 16.1. The molecule has 0 saturated heterocycles. The molecule has 0 aromatic heterocycles. The zero-order valence-electron chi connectivity index (χ0n) is 18.5. The number of rotatable bonds is 4. The maximum absolute atomic E-state index is 13.6. The molecule has 0 bridgehead atoms. The van der Waals surface area contributed by atoms with Gasteiger partial charge in [0.1, 0.15) is 0 Å². The molecule has 2 N–H and O–H groups in total. The second-order valence-electron chi connectivity index (χ2n) is 8.33. The smallest absolute Gasteiger partial charge is 0.163 e. The standard InChI is InChI=1S/C27H25ClN2O3/c1-32-24-12-9-17(15-25(24)33-2)18-13-22-26(23(31)14-18)27(16-7-10-19(28)11-8-16)30-21-6-4-3-5-20(21)29-22/h3-12,15,18,27,29-30H,13-14H2,1-2H3/t18-,27+/m1/s1. The molecule has 5 rings (SSSR count). The van der Waals surface area contributed by atoms with Crippen LogP contribution in [0, 0.1) is 0 Å². The first-order valence-electron chi connectivity index (χ1n) is 10.9. The van der Waals surface area contributed by atoms with Crippen molar-refractivity contribution in [3.05, 3.63) is 94.1 Å². The minimum atomic E-state index is -0.257. The highest BCUT2D eigenvalue weighted by Gasteiger charge is 2.36. The van der Waals surface area contributed by atoms with E-state index in [-0.39, 0.29) is 17.7 Å². The second-order valence-corrected chi connectivity index (χ2v) is 8.77. The summed E-state index contributed by atoms with van der Waals surface area (Å²) in [6.07, 6.45) is 1.15. The summed E-state index contributed by atoms with van der Waals surface area (Å²) in [5.74, 6) is 1.52. The SMILES string of the molecule is COc1ccc([C@H]2CC(=O)C3=C(C2)Nc2ccccc2N[C@H]3c2ccc(Cl)cc2)cc1OC. The summed E-state index contributed by atoms with van der Waals surface area (Å²) >= 11 is 6.13. The van der Waals surface area contributed by atoms with Gasteiger partial charge in [0, 0.05) is 22.7 Å². The van der Waals surface area contributed by atoms with Gasteiger partial charge in [0.15, 0.2) is 17.3 Å². The van der Waals surface area contributed by atoms with Crippen molar-refractivity contribution in [3.8, 4) is 11.5 Å². The third kappa shape index (κ3) is 4.05. The highest BCUT2D eigenvalue weighted by atomic mass is 35.5. The number of carbonyl (C=O) groups is 1. The van der Waals surface area contributed by atoms with Crippen molar-refractivity contribution < 1.29 is 14.3 Å². The maximum atomic E-state index is 13.6. The predicted molar refractivity (Wildman–Crippen MR) is 131 cm³/mol. The maximum Gasteiger partial charge on any atom is 0.163 e. The van der Waals surface area contributed by atoms with Gasteiger partial charge < -0.3 is 20.1 Å². The first-order valence-corrected chi connectivity index (χ1v) is 11.3. The fourth-order valence-corrected chi connectivity index (χ4v) is 4.87. The first kappa shape index (κ1) is 21.4. The molecule has 33 heavy (non-hydrogen) atoms. The molecule has 3 aromatic carbocycles. The molecule has 2 aliphatic rings. The number of ketones is 1. The number of halogens is 1. The molecule has 0 spiro atoms. The van der Waals surface area contributed by atoms with Crippen LogP contribution in [0.3, 0.4) is 0 Å². The van der Waals surface area contributed by atoms with Crippen LogP contribution in [0.5, 0.6) is 11.5 Å². The van der Waals surface area contributed by atoms with Crippen molar-refractivity contribution in [1.29, 1.82) is 0 Å². The number of methoxy groups -OCH3 is 2. The Balaban J connectivity index is 1.57. The fourth-order valence-electron chi connectivity index (χ4n) is 4.74. The number of carbonyl (C=O) groups excluding carboxylic acids is 1. The van der Waals surface area contributed by atoms with E-state index < -0.39 is 0 Å². The molecule has 0 unspecified atom stereocenters. The quantitative estimate of drug-likeness (QED) is 0.476. The molecule has 2 atom stereocenters. The van der Waals surface area contributed by atoms with E-state index in [0.29, 0.717) is 22.9 Å². The number of para-hydroxylation sites is 2.